The number of aromatic hydroxyl groups is 1. The highest BCUT2D eigenvalue weighted by atomic mass is 35.5. The summed E-state index contributed by atoms with van der Waals surface area (Å²) in [6.07, 6.45) is 0. The van der Waals surface area contributed by atoms with Crippen LogP contribution in [0.25, 0.3) is 0 Å². The van der Waals surface area contributed by atoms with Crippen molar-refractivity contribution < 1.29 is 5.11 Å². The fourth-order valence-electron chi connectivity index (χ4n) is 1.17. The van der Waals surface area contributed by atoms with Gasteiger partial charge in [-0.25, -0.2) is 0 Å². The van der Waals surface area contributed by atoms with Gasteiger partial charge in [0.1, 0.15) is 11.1 Å². The summed E-state index contributed by atoms with van der Waals surface area (Å²) in [6, 6.07) is 8.95. The van der Waals surface area contributed by atoms with Gasteiger partial charge in [-0.1, -0.05) is 17.7 Å². The molecule has 2 N–H and O–H groups in total. The largest absolute Gasteiger partial charge is 0.492 e. The van der Waals surface area contributed by atoms with E-state index in [1.807, 2.05) is 12.1 Å². The third-order valence-corrected chi connectivity index (χ3v) is 2.86. The van der Waals surface area contributed by atoms with Gasteiger partial charge < -0.3 is 10.4 Å². The van der Waals surface area contributed by atoms with Crippen LogP contribution in [0.5, 0.6) is 5.88 Å². The van der Waals surface area contributed by atoms with Crippen LogP contribution in [0.4, 0.5) is 10.7 Å². The zero-order chi connectivity index (χ0) is 11.5. The van der Waals surface area contributed by atoms with Crippen LogP contribution >= 0.6 is 23.1 Å². The first kappa shape index (κ1) is 10.7. The molecule has 0 bridgehead atoms. The topological polar surface area (TPSA) is 68.9 Å². The van der Waals surface area contributed by atoms with Gasteiger partial charge in [-0.3, -0.25) is 0 Å². The smallest absolute Gasteiger partial charge is 0.243 e. The fraction of sp³-hybridized carbons (Fsp3) is 0. The van der Waals surface area contributed by atoms with E-state index in [1.165, 1.54) is 0 Å². The van der Waals surface area contributed by atoms with E-state index in [-0.39, 0.29) is 11.4 Å². The van der Waals surface area contributed by atoms with Gasteiger partial charge in [-0.05, 0) is 29.7 Å². The van der Waals surface area contributed by atoms with Gasteiger partial charge >= 0.3 is 0 Å². The van der Waals surface area contributed by atoms with Gasteiger partial charge in [0.05, 0.1) is 0 Å². The average Bonchev–Trinajstić information content (AvgIpc) is 2.59. The number of rotatable bonds is 2. The van der Waals surface area contributed by atoms with Crippen molar-refractivity contribution in [2.75, 3.05) is 5.32 Å². The second-order valence-electron chi connectivity index (χ2n) is 2.96. The van der Waals surface area contributed by atoms with Crippen molar-refractivity contribution in [2.24, 2.45) is 0 Å². The molecule has 1 heterocycles. The van der Waals surface area contributed by atoms with E-state index in [4.69, 9.17) is 16.9 Å². The first-order chi connectivity index (χ1) is 7.70. The molecule has 0 aliphatic carbocycles. The molecule has 2 rings (SSSR count). The number of benzene rings is 1. The second-order valence-corrected chi connectivity index (χ2v) is 4.17. The van der Waals surface area contributed by atoms with Crippen LogP contribution in [0.3, 0.4) is 0 Å². The SMILES string of the molecule is N#Cc1c(O)nsc1Nc1cccc(Cl)c1. The lowest BCUT2D eigenvalue weighted by molar-refractivity contribution is 0.458. The molecule has 0 aliphatic heterocycles. The predicted molar refractivity (Wildman–Crippen MR) is 63.2 cm³/mol. The van der Waals surface area contributed by atoms with Gasteiger partial charge in [0.15, 0.2) is 5.56 Å². The monoisotopic (exact) mass is 251 g/mol. The summed E-state index contributed by atoms with van der Waals surface area (Å²) in [6.45, 7) is 0. The van der Waals surface area contributed by atoms with Gasteiger partial charge in [0.2, 0.25) is 5.88 Å². The molecule has 80 valence electrons. The molecule has 0 radical (unpaired) electrons. The van der Waals surface area contributed by atoms with E-state index in [9.17, 15) is 5.11 Å². The number of hydrogen-bond donors (Lipinski definition) is 2. The van der Waals surface area contributed by atoms with Gasteiger partial charge in [-0.2, -0.15) is 9.64 Å². The molecular weight excluding hydrogens is 246 g/mol. The van der Waals surface area contributed by atoms with Crippen molar-refractivity contribution in [2.45, 2.75) is 0 Å². The Morgan fingerprint density at radius 3 is 3.00 bits per heavy atom. The molecule has 1 aromatic heterocycles. The molecular formula is C10H6ClN3OS. The van der Waals surface area contributed by atoms with Gasteiger partial charge in [0.25, 0.3) is 0 Å². The molecule has 0 aliphatic rings. The third-order valence-electron chi connectivity index (χ3n) is 1.87. The summed E-state index contributed by atoms with van der Waals surface area (Å²) in [5.41, 5.74) is 0.887. The number of aromatic nitrogens is 1. The maximum atomic E-state index is 9.27. The molecule has 0 unspecified atom stereocenters. The van der Waals surface area contributed by atoms with E-state index in [0.29, 0.717) is 10.0 Å². The Kier molecular flexibility index (Phi) is 2.95. The van der Waals surface area contributed by atoms with E-state index in [2.05, 4.69) is 9.69 Å². The van der Waals surface area contributed by atoms with Gasteiger partial charge in [-0.15, -0.1) is 0 Å². The van der Waals surface area contributed by atoms with Crippen molar-refractivity contribution in [3.63, 3.8) is 0 Å². The number of hydrogen-bond acceptors (Lipinski definition) is 5. The molecule has 2 aromatic rings. The number of nitrogens with zero attached hydrogens (tertiary/aromatic N) is 2. The highest BCUT2D eigenvalue weighted by Crippen LogP contribution is 2.31. The maximum absolute atomic E-state index is 9.27. The number of anilines is 2. The van der Waals surface area contributed by atoms with Crippen LogP contribution in [-0.4, -0.2) is 9.48 Å². The zero-order valence-electron chi connectivity index (χ0n) is 7.94. The lowest BCUT2D eigenvalue weighted by Gasteiger charge is -2.03. The Bertz CT molecular complexity index is 561. The average molecular weight is 252 g/mol. The molecule has 4 nitrogen and oxygen atoms in total. The van der Waals surface area contributed by atoms with Crippen LogP contribution in [0, 0.1) is 11.3 Å². The fourth-order valence-corrected chi connectivity index (χ4v) is 2.02. The molecule has 1 aromatic carbocycles. The summed E-state index contributed by atoms with van der Waals surface area (Å²) in [5, 5.41) is 22.2. The van der Waals surface area contributed by atoms with Crippen LogP contribution in [0.2, 0.25) is 5.02 Å². The molecule has 0 saturated heterocycles. The van der Waals surface area contributed by atoms with Crippen LogP contribution in [-0.2, 0) is 0 Å². The van der Waals surface area contributed by atoms with Crippen molar-refractivity contribution in [1.29, 1.82) is 5.26 Å². The van der Waals surface area contributed by atoms with Gasteiger partial charge in [0, 0.05) is 10.7 Å². The third kappa shape index (κ3) is 2.08. The van der Waals surface area contributed by atoms with E-state index in [1.54, 1.807) is 18.2 Å². The minimum absolute atomic E-state index is 0.143. The van der Waals surface area contributed by atoms with Crippen LogP contribution in [0.15, 0.2) is 24.3 Å². The van der Waals surface area contributed by atoms with Crippen molar-refractivity contribution >= 4 is 33.8 Å². The molecule has 6 heteroatoms. The molecule has 0 amide bonds. The first-order valence-electron chi connectivity index (χ1n) is 4.32. The number of halogens is 1. The Hall–Kier alpha value is -1.77. The standard InChI is InChI=1S/C10H6ClN3OS/c11-6-2-1-3-7(4-6)13-10-8(5-12)9(15)14-16-10/h1-4,13H,(H,14,15). The number of nitriles is 1. The summed E-state index contributed by atoms with van der Waals surface area (Å²) in [5.74, 6) is -0.253. The maximum Gasteiger partial charge on any atom is 0.243 e. The zero-order valence-corrected chi connectivity index (χ0v) is 9.51. The minimum Gasteiger partial charge on any atom is -0.492 e. The Balaban J connectivity index is 2.31. The Morgan fingerprint density at radius 1 is 1.50 bits per heavy atom. The quantitative estimate of drug-likeness (QED) is 0.860. The molecule has 0 atom stereocenters. The van der Waals surface area contributed by atoms with Crippen molar-refractivity contribution in [3.05, 3.63) is 34.9 Å². The van der Waals surface area contributed by atoms with E-state index in [0.717, 1.165) is 17.2 Å². The first-order valence-corrected chi connectivity index (χ1v) is 5.47. The molecule has 0 fully saturated rings. The highest BCUT2D eigenvalue weighted by Gasteiger charge is 2.12. The predicted octanol–water partition coefficient (Wildman–Crippen LogP) is 3.12. The molecule has 0 spiro atoms. The Labute approximate surface area is 101 Å². The second kappa shape index (κ2) is 4.39. The lowest BCUT2D eigenvalue weighted by atomic mass is 10.3. The summed E-state index contributed by atoms with van der Waals surface area (Å²) in [7, 11) is 0. The normalized spacial score (nSPS) is 9.75. The minimum atomic E-state index is -0.253. The highest BCUT2D eigenvalue weighted by molar-refractivity contribution is 7.10. The van der Waals surface area contributed by atoms with Crippen LogP contribution in [0.1, 0.15) is 5.56 Å². The lowest BCUT2D eigenvalue weighted by Crippen LogP contribution is -1.89. The summed E-state index contributed by atoms with van der Waals surface area (Å²) < 4.78 is 3.69. The summed E-state index contributed by atoms with van der Waals surface area (Å²) in [4.78, 5) is 0. The van der Waals surface area contributed by atoms with Crippen molar-refractivity contribution in [1.82, 2.24) is 4.37 Å². The van der Waals surface area contributed by atoms with Crippen LogP contribution < -0.4 is 5.32 Å². The van der Waals surface area contributed by atoms with Crippen molar-refractivity contribution in [3.8, 4) is 11.9 Å². The molecule has 16 heavy (non-hydrogen) atoms. The number of nitrogens with one attached hydrogen (secondary N) is 1. The molecule has 0 saturated carbocycles. The van der Waals surface area contributed by atoms with E-state index < -0.39 is 0 Å². The Morgan fingerprint density at radius 2 is 2.31 bits per heavy atom. The van der Waals surface area contributed by atoms with E-state index >= 15 is 0 Å². The summed E-state index contributed by atoms with van der Waals surface area (Å²) >= 11 is 6.85.